The van der Waals surface area contributed by atoms with E-state index in [-0.39, 0.29) is 29.6 Å². The van der Waals surface area contributed by atoms with Gasteiger partial charge in [0.05, 0.1) is 23.7 Å². The van der Waals surface area contributed by atoms with Crippen LogP contribution in [0.2, 0.25) is 0 Å². The van der Waals surface area contributed by atoms with Crippen LogP contribution in [0.5, 0.6) is 0 Å². The number of sulfone groups is 1. The highest BCUT2D eigenvalue weighted by molar-refractivity contribution is 7.91. The fraction of sp³-hybridized carbons (Fsp3) is 0.500. The fourth-order valence-electron chi connectivity index (χ4n) is 4.97. The van der Waals surface area contributed by atoms with Gasteiger partial charge in [0.25, 0.3) is 0 Å². The summed E-state index contributed by atoms with van der Waals surface area (Å²) in [6.07, 6.45) is 0.409. The van der Waals surface area contributed by atoms with E-state index < -0.39 is 15.9 Å². The van der Waals surface area contributed by atoms with Crippen molar-refractivity contribution < 1.29 is 17.9 Å². The summed E-state index contributed by atoms with van der Waals surface area (Å²) in [5.74, 6) is 0.0695. The molecule has 0 radical (unpaired) electrons. The number of nitrogens with one attached hydrogen (secondary N) is 1. The molecule has 34 heavy (non-hydrogen) atoms. The summed E-state index contributed by atoms with van der Waals surface area (Å²) in [6.45, 7) is 7.95. The average Bonchev–Trinajstić information content (AvgIpc) is 2.80. The number of nitrogens with zero attached hydrogens (tertiary/aromatic N) is 2. The largest absolute Gasteiger partial charge is 0.373 e. The Labute approximate surface area is 203 Å². The number of morpholine rings is 1. The third-order valence-corrected chi connectivity index (χ3v) is 8.18. The Hall–Kier alpha value is -2.26. The van der Waals surface area contributed by atoms with Gasteiger partial charge in [-0.3, -0.25) is 14.6 Å². The molecular formula is C26H35N3O4S. The highest BCUT2D eigenvalue weighted by Gasteiger charge is 2.32. The molecule has 4 rings (SSSR count). The summed E-state index contributed by atoms with van der Waals surface area (Å²) in [6, 6.07) is 17.3. The van der Waals surface area contributed by atoms with Crippen LogP contribution in [-0.4, -0.2) is 74.0 Å². The van der Waals surface area contributed by atoms with E-state index in [4.69, 9.17) is 4.74 Å². The molecule has 8 heteroatoms. The number of rotatable bonds is 7. The number of hydrogen-bond acceptors (Lipinski definition) is 6. The summed E-state index contributed by atoms with van der Waals surface area (Å²) in [5.41, 5.74) is 3.17. The molecule has 2 aromatic carbocycles. The maximum atomic E-state index is 13.4. The smallest absolute Gasteiger partial charge is 0.242 e. The standard InChI is InChI=1S/C26H35N3O4S/c1-20-17-28(18-21(2)33-20)19-24-11-7-6-10-23(24)16-27-26(30)25(22-8-4-3-5-9-22)29-12-14-34(31,32)15-13-29/h3-11,20-21,25H,12-19H2,1-2H3,(H,27,30). The van der Waals surface area contributed by atoms with Gasteiger partial charge in [0.2, 0.25) is 5.91 Å². The van der Waals surface area contributed by atoms with Crippen molar-refractivity contribution in [3.63, 3.8) is 0 Å². The summed E-state index contributed by atoms with van der Waals surface area (Å²) in [7, 11) is -3.03. The molecule has 0 spiro atoms. The van der Waals surface area contributed by atoms with Gasteiger partial charge < -0.3 is 10.1 Å². The van der Waals surface area contributed by atoms with Crippen LogP contribution in [0.1, 0.15) is 36.6 Å². The van der Waals surface area contributed by atoms with Crippen molar-refractivity contribution in [1.82, 2.24) is 15.1 Å². The van der Waals surface area contributed by atoms with Gasteiger partial charge in [0, 0.05) is 39.3 Å². The van der Waals surface area contributed by atoms with E-state index >= 15 is 0 Å². The van der Waals surface area contributed by atoms with Crippen LogP contribution >= 0.6 is 0 Å². The Morgan fingerprint density at radius 2 is 1.56 bits per heavy atom. The monoisotopic (exact) mass is 485 g/mol. The highest BCUT2D eigenvalue weighted by Crippen LogP contribution is 2.24. The highest BCUT2D eigenvalue weighted by atomic mass is 32.2. The SMILES string of the molecule is CC1CN(Cc2ccccc2CNC(=O)C(c2ccccc2)N2CCS(=O)(=O)CC2)CC(C)O1. The lowest BCUT2D eigenvalue weighted by Crippen LogP contribution is -2.47. The molecule has 3 atom stereocenters. The summed E-state index contributed by atoms with van der Waals surface area (Å²) >= 11 is 0. The molecule has 7 nitrogen and oxygen atoms in total. The molecule has 3 unspecified atom stereocenters. The van der Waals surface area contributed by atoms with E-state index in [1.165, 1.54) is 5.56 Å². The molecule has 184 valence electrons. The lowest BCUT2D eigenvalue weighted by Gasteiger charge is -2.35. The lowest BCUT2D eigenvalue weighted by atomic mass is 10.0. The third-order valence-electron chi connectivity index (χ3n) is 6.57. The average molecular weight is 486 g/mol. The Balaban J connectivity index is 1.46. The first-order valence-corrected chi connectivity index (χ1v) is 13.8. The molecule has 0 aliphatic carbocycles. The van der Waals surface area contributed by atoms with Crippen molar-refractivity contribution in [1.29, 1.82) is 0 Å². The maximum absolute atomic E-state index is 13.4. The Kier molecular flexibility index (Phi) is 8.03. The summed E-state index contributed by atoms with van der Waals surface area (Å²) in [5, 5.41) is 3.14. The summed E-state index contributed by atoms with van der Waals surface area (Å²) in [4.78, 5) is 17.8. The molecule has 1 amide bonds. The second-order valence-electron chi connectivity index (χ2n) is 9.44. The molecule has 0 bridgehead atoms. The molecule has 2 heterocycles. The molecule has 0 saturated carbocycles. The van der Waals surface area contributed by atoms with Gasteiger partial charge in [-0.25, -0.2) is 8.42 Å². The van der Waals surface area contributed by atoms with Crippen molar-refractivity contribution in [2.75, 3.05) is 37.7 Å². The van der Waals surface area contributed by atoms with E-state index in [0.717, 1.165) is 30.8 Å². The number of ether oxygens (including phenoxy) is 1. The second-order valence-corrected chi connectivity index (χ2v) is 11.7. The minimum atomic E-state index is -3.03. The van der Waals surface area contributed by atoms with Crippen molar-refractivity contribution in [3.8, 4) is 0 Å². The zero-order valence-electron chi connectivity index (χ0n) is 20.0. The van der Waals surface area contributed by atoms with E-state index in [9.17, 15) is 13.2 Å². The van der Waals surface area contributed by atoms with Gasteiger partial charge in [-0.1, -0.05) is 54.6 Å². The molecule has 2 aromatic rings. The van der Waals surface area contributed by atoms with Gasteiger partial charge in [-0.15, -0.1) is 0 Å². The quantitative estimate of drug-likeness (QED) is 0.649. The lowest BCUT2D eigenvalue weighted by molar-refractivity contribution is -0.126. The van der Waals surface area contributed by atoms with Crippen LogP contribution in [0, 0.1) is 0 Å². The number of amides is 1. The van der Waals surface area contributed by atoms with Crippen molar-refractivity contribution in [2.45, 2.75) is 45.2 Å². The first-order chi connectivity index (χ1) is 16.3. The van der Waals surface area contributed by atoms with E-state index in [2.05, 4.69) is 36.2 Å². The number of carbonyl (C=O) groups is 1. The topological polar surface area (TPSA) is 79.0 Å². The van der Waals surface area contributed by atoms with Crippen LogP contribution in [-0.2, 0) is 32.5 Å². The fourth-order valence-corrected chi connectivity index (χ4v) is 6.20. The third kappa shape index (κ3) is 6.44. The minimum absolute atomic E-state index is 0.0862. The van der Waals surface area contributed by atoms with E-state index in [1.54, 1.807) is 0 Å². The van der Waals surface area contributed by atoms with Gasteiger partial charge in [-0.2, -0.15) is 0 Å². The number of benzene rings is 2. The molecule has 1 N–H and O–H groups in total. The summed E-state index contributed by atoms with van der Waals surface area (Å²) < 4.78 is 29.7. The van der Waals surface area contributed by atoms with Crippen LogP contribution in [0.3, 0.4) is 0 Å². The molecule has 2 aliphatic rings. The van der Waals surface area contributed by atoms with Gasteiger partial charge >= 0.3 is 0 Å². The maximum Gasteiger partial charge on any atom is 0.242 e. The van der Waals surface area contributed by atoms with Gasteiger partial charge in [-0.05, 0) is 30.5 Å². The van der Waals surface area contributed by atoms with Crippen molar-refractivity contribution >= 4 is 15.7 Å². The molecule has 2 aliphatic heterocycles. The first-order valence-electron chi connectivity index (χ1n) is 12.0. The van der Waals surface area contributed by atoms with Crippen LogP contribution < -0.4 is 5.32 Å². The van der Waals surface area contributed by atoms with Crippen LogP contribution in [0.15, 0.2) is 54.6 Å². The minimum Gasteiger partial charge on any atom is -0.373 e. The Morgan fingerprint density at radius 1 is 0.971 bits per heavy atom. The second kappa shape index (κ2) is 11.0. The van der Waals surface area contributed by atoms with E-state index in [0.29, 0.717) is 19.6 Å². The zero-order chi connectivity index (χ0) is 24.1. The molecular weight excluding hydrogens is 450 g/mol. The molecule has 2 saturated heterocycles. The van der Waals surface area contributed by atoms with Gasteiger partial charge in [0.15, 0.2) is 9.84 Å². The Bertz CT molecular complexity index is 1050. The number of hydrogen-bond donors (Lipinski definition) is 1. The molecule has 2 fully saturated rings. The normalized spacial score (nSPS) is 24.4. The zero-order valence-corrected chi connectivity index (χ0v) is 20.8. The van der Waals surface area contributed by atoms with Crippen LogP contribution in [0.25, 0.3) is 0 Å². The molecule has 0 aromatic heterocycles. The predicted octanol–water partition coefficient (Wildman–Crippen LogP) is 2.38. The van der Waals surface area contributed by atoms with Crippen molar-refractivity contribution in [3.05, 3.63) is 71.3 Å². The predicted molar refractivity (Wildman–Crippen MR) is 133 cm³/mol. The van der Waals surface area contributed by atoms with Gasteiger partial charge in [0.1, 0.15) is 6.04 Å². The van der Waals surface area contributed by atoms with Crippen LogP contribution in [0.4, 0.5) is 0 Å². The number of carbonyl (C=O) groups excluding carboxylic acids is 1. The first kappa shape index (κ1) is 24.9. The van der Waals surface area contributed by atoms with Crippen molar-refractivity contribution in [2.24, 2.45) is 0 Å². The van der Waals surface area contributed by atoms with E-state index in [1.807, 2.05) is 47.4 Å². The Morgan fingerprint density at radius 3 is 2.21 bits per heavy atom.